The van der Waals surface area contributed by atoms with Crippen LogP contribution in [0.25, 0.3) is 0 Å². The number of aromatic nitrogens is 2. The van der Waals surface area contributed by atoms with Gasteiger partial charge in [-0.25, -0.2) is 4.98 Å². The van der Waals surface area contributed by atoms with Gasteiger partial charge in [-0.3, -0.25) is 14.9 Å². The van der Waals surface area contributed by atoms with Crippen LogP contribution < -0.4 is 4.90 Å². The minimum atomic E-state index is -0.466. The molecule has 0 unspecified atom stereocenters. The molecule has 8 nitrogen and oxygen atoms in total. The van der Waals surface area contributed by atoms with Crippen LogP contribution in [0, 0.1) is 24.0 Å². The van der Waals surface area contributed by atoms with Crippen molar-refractivity contribution in [2.45, 2.75) is 25.5 Å². The van der Waals surface area contributed by atoms with Gasteiger partial charge >= 0.3 is 0 Å². The van der Waals surface area contributed by atoms with Gasteiger partial charge in [0.25, 0.3) is 5.69 Å². The lowest BCUT2D eigenvalue weighted by molar-refractivity contribution is -0.384. The molecule has 0 spiro atoms. The molecule has 9 heteroatoms. The van der Waals surface area contributed by atoms with Crippen molar-refractivity contribution in [3.63, 3.8) is 0 Å². The van der Waals surface area contributed by atoms with Crippen LogP contribution in [0.4, 0.5) is 11.4 Å². The number of hydrogen-bond acceptors (Lipinski definition) is 6. The van der Waals surface area contributed by atoms with Gasteiger partial charge in [-0.15, -0.1) is 0 Å². The first-order chi connectivity index (χ1) is 12.3. The molecule has 1 heterocycles. The molecule has 2 rings (SSSR count). The third-order valence-corrected chi connectivity index (χ3v) is 5.05. The van der Waals surface area contributed by atoms with E-state index in [1.54, 1.807) is 26.3 Å². The monoisotopic (exact) mass is 378 g/mol. The molecule has 0 aliphatic rings. The van der Waals surface area contributed by atoms with Gasteiger partial charge in [-0.05, 0) is 26.0 Å². The average Bonchev–Trinajstić information content (AvgIpc) is 2.91. The van der Waals surface area contributed by atoms with Gasteiger partial charge in [0.15, 0.2) is 5.16 Å². The number of nitro benzene ring substituents is 1. The average molecular weight is 378 g/mol. The lowest BCUT2D eigenvalue weighted by Gasteiger charge is -2.17. The Morgan fingerprint density at radius 3 is 2.58 bits per heavy atom. The molecule has 0 atom stereocenters. The first kappa shape index (κ1) is 19.9. The highest BCUT2D eigenvalue weighted by atomic mass is 32.2. The number of benzene rings is 1. The molecule has 140 valence electrons. The summed E-state index contributed by atoms with van der Waals surface area (Å²) in [5.41, 5.74) is 2.59. The molecule has 0 radical (unpaired) electrons. The Labute approximate surface area is 156 Å². The van der Waals surface area contributed by atoms with E-state index >= 15 is 0 Å². The molecule has 2 aromatic rings. The minimum Gasteiger partial charge on any atom is -0.383 e. The number of imidazole rings is 1. The van der Waals surface area contributed by atoms with E-state index in [2.05, 4.69) is 4.98 Å². The smallest absolute Gasteiger partial charge is 0.269 e. The molecule has 0 saturated heterocycles. The maximum Gasteiger partial charge on any atom is 0.269 e. The Hall–Kier alpha value is -2.39. The Morgan fingerprint density at radius 2 is 2.00 bits per heavy atom. The number of nitro groups is 1. The number of rotatable bonds is 8. The summed E-state index contributed by atoms with van der Waals surface area (Å²) in [4.78, 5) is 28.7. The second-order valence-electron chi connectivity index (χ2n) is 5.72. The van der Waals surface area contributed by atoms with Crippen molar-refractivity contribution in [1.82, 2.24) is 9.55 Å². The molecule has 1 aromatic carbocycles. The quantitative estimate of drug-likeness (QED) is 0.399. The van der Waals surface area contributed by atoms with Gasteiger partial charge < -0.3 is 14.2 Å². The van der Waals surface area contributed by atoms with Gasteiger partial charge in [0, 0.05) is 44.2 Å². The van der Waals surface area contributed by atoms with E-state index < -0.39 is 4.92 Å². The van der Waals surface area contributed by atoms with E-state index in [4.69, 9.17) is 4.74 Å². The molecule has 0 aliphatic carbocycles. The number of carbonyl (C=O) groups excluding carboxylic acids is 1. The van der Waals surface area contributed by atoms with E-state index in [0.717, 1.165) is 16.5 Å². The Bertz CT molecular complexity index is 789. The summed E-state index contributed by atoms with van der Waals surface area (Å²) in [5, 5.41) is 11.5. The normalized spacial score (nSPS) is 10.8. The lowest BCUT2D eigenvalue weighted by atomic mass is 10.2. The number of ether oxygens (including phenoxy) is 1. The van der Waals surface area contributed by atoms with E-state index in [1.165, 1.54) is 28.8 Å². The minimum absolute atomic E-state index is 0.00454. The van der Waals surface area contributed by atoms with Gasteiger partial charge in [0.05, 0.1) is 23.0 Å². The number of amides is 1. The van der Waals surface area contributed by atoms with Gasteiger partial charge in [0.1, 0.15) is 0 Å². The largest absolute Gasteiger partial charge is 0.383 e. The number of nitrogens with zero attached hydrogens (tertiary/aromatic N) is 4. The molecule has 1 aromatic heterocycles. The lowest BCUT2D eigenvalue weighted by Crippen LogP contribution is -2.28. The van der Waals surface area contributed by atoms with Crippen molar-refractivity contribution in [2.24, 2.45) is 0 Å². The van der Waals surface area contributed by atoms with Crippen molar-refractivity contribution >= 4 is 29.0 Å². The van der Waals surface area contributed by atoms with Crippen LogP contribution in [0.2, 0.25) is 0 Å². The number of thioether (sulfide) groups is 1. The second-order valence-corrected chi connectivity index (χ2v) is 6.67. The van der Waals surface area contributed by atoms with Crippen LogP contribution in [-0.4, -0.2) is 46.9 Å². The predicted molar refractivity (Wildman–Crippen MR) is 101 cm³/mol. The third-order valence-electron chi connectivity index (χ3n) is 4.09. The number of hydrogen-bond donors (Lipinski definition) is 0. The van der Waals surface area contributed by atoms with E-state index in [1.807, 2.05) is 18.4 Å². The van der Waals surface area contributed by atoms with Crippen LogP contribution in [0.15, 0.2) is 29.4 Å². The molecular formula is C17H22N4O4S. The van der Waals surface area contributed by atoms with Crippen molar-refractivity contribution in [3.8, 4) is 0 Å². The fourth-order valence-corrected chi connectivity index (χ4v) is 3.38. The number of carbonyl (C=O) groups is 1. The highest BCUT2D eigenvalue weighted by molar-refractivity contribution is 7.99. The van der Waals surface area contributed by atoms with Crippen LogP contribution in [0.5, 0.6) is 0 Å². The molecule has 0 saturated carbocycles. The Balaban J connectivity index is 2.04. The Morgan fingerprint density at radius 1 is 1.35 bits per heavy atom. The maximum atomic E-state index is 12.5. The molecule has 0 N–H and O–H groups in total. The van der Waals surface area contributed by atoms with Crippen molar-refractivity contribution < 1.29 is 14.5 Å². The number of non-ortho nitro benzene ring substituents is 1. The molecule has 0 bridgehead atoms. The number of methoxy groups -OCH3 is 1. The Kier molecular flexibility index (Phi) is 6.76. The summed E-state index contributed by atoms with van der Waals surface area (Å²) in [6, 6.07) is 5.90. The SMILES string of the molecule is COCCn1c(SCC(=O)N(C)c2ccc([N+](=O)[O-])cc2)nc(C)c1C. The van der Waals surface area contributed by atoms with Crippen molar-refractivity contribution in [1.29, 1.82) is 0 Å². The van der Waals surface area contributed by atoms with Gasteiger partial charge in [-0.1, -0.05) is 11.8 Å². The zero-order valence-corrected chi connectivity index (χ0v) is 16.1. The summed E-state index contributed by atoms with van der Waals surface area (Å²) < 4.78 is 7.18. The summed E-state index contributed by atoms with van der Waals surface area (Å²) in [6.07, 6.45) is 0. The van der Waals surface area contributed by atoms with Gasteiger partial charge in [-0.2, -0.15) is 0 Å². The predicted octanol–water partition coefficient (Wildman–Crippen LogP) is 2.81. The fraction of sp³-hybridized carbons (Fsp3) is 0.412. The number of anilines is 1. The van der Waals surface area contributed by atoms with Crippen molar-refractivity contribution in [2.75, 3.05) is 31.4 Å². The standard InChI is InChI=1S/C17H22N4O4S/c1-12-13(2)20(9-10-25-4)17(18-12)26-11-16(22)19(3)14-5-7-15(8-6-14)21(23)24/h5-8H,9-11H2,1-4H3. The van der Waals surface area contributed by atoms with E-state index in [-0.39, 0.29) is 17.3 Å². The first-order valence-electron chi connectivity index (χ1n) is 8.01. The maximum absolute atomic E-state index is 12.5. The highest BCUT2D eigenvalue weighted by Gasteiger charge is 2.16. The fourth-order valence-electron chi connectivity index (χ4n) is 2.34. The summed E-state index contributed by atoms with van der Waals surface area (Å²) >= 11 is 1.37. The summed E-state index contributed by atoms with van der Waals surface area (Å²) in [7, 11) is 3.30. The zero-order valence-electron chi connectivity index (χ0n) is 15.3. The molecular weight excluding hydrogens is 356 g/mol. The topological polar surface area (TPSA) is 90.5 Å². The van der Waals surface area contributed by atoms with Crippen LogP contribution in [0.1, 0.15) is 11.4 Å². The molecule has 0 aliphatic heterocycles. The third kappa shape index (κ3) is 4.61. The van der Waals surface area contributed by atoms with E-state index in [0.29, 0.717) is 18.8 Å². The first-order valence-corrected chi connectivity index (χ1v) is 9.00. The van der Waals surface area contributed by atoms with Crippen LogP contribution in [-0.2, 0) is 16.1 Å². The summed E-state index contributed by atoms with van der Waals surface area (Å²) in [5.74, 6) is 0.108. The van der Waals surface area contributed by atoms with Crippen LogP contribution >= 0.6 is 11.8 Å². The zero-order chi connectivity index (χ0) is 19.3. The van der Waals surface area contributed by atoms with E-state index in [9.17, 15) is 14.9 Å². The summed E-state index contributed by atoms with van der Waals surface area (Å²) in [6.45, 7) is 5.18. The van der Waals surface area contributed by atoms with Gasteiger partial charge in [0.2, 0.25) is 5.91 Å². The van der Waals surface area contributed by atoms with Crippen LogP contribution in [0.3, 0.4) is 0 Å². The van der Waals surface area contributed by atoms with Crippen molar-refractivity contribution in [3.05, 3.63) is 45.8 Å². The molecule has 0 fully saturated rings. The molecule has 26 heavy (non-hydrogen) atoms. The molecule has 1 amide bonds. The highest BCUT2D eigenvalue weighted by Crippen LogP contribution is 2.23. The second kappa shape index (κ2) is 8.81. The number of aryl methyl sites for hydroxylation is 1.